The Balaban J connectivity index is 1.98. The summed E-state index contributed by atoms with van der Waals surface area (Å²) in [6.45, 7) is 11.0. The van der Waals surface area contributed by atoms with E-state index in [1.807, 2.05) is 6.92 Å². The quantitative estimate of drug-likeness (QED) is 0.351. The minimum Gasteiger partial charge on any atom is -0.458 e. The van der Waals surface area contributed by atoms with E-state index in [4.69, 9.17) is 14.2 Å². The predicted octanol–water partition coefficient (Wildman–Crippen LogP) is 2.22. The zero-order valence-corrected chi connectivity index (χ0v) is 15.7. The molecule has 3 aliphatic rings. The summed E-state index contributed by atoms with van der Waals surface area (Å²) in [7, 11) is 0. The summed E-state index contributed by atoms with van der Waals surface area (Å²) in [4.78, 5) is 24.5. The van der Waals surface area contributed by atoms with Gasteiger partial charge in [-0.25, -0.2) is 9.59 Å². The molecule has 142 valence electrons. The van der Waals surface area contributed by atoms with Crippen LogP contribution < -0.4 is 0 Å². The highest BCUT2D eigenvalue weighted by Gasteiger charge is 2.57. The van der Waals surface area contributed by atoms with Crippen molar-refractivity contribution in [1.29, 1.82) is 0 Å². The molecule has 0 radical (unpaired) electrons. The summed E-state index contributed by atoms with van der Waals surface area (Å²) in [5.74, 6) is -1.43. The molecular formula is C20H26O6. The maximum Gasteiger partial charge on any atom is 0.334 e. The average Bonchev–Trinajstić information content (AvgIpc) is 3.11. The topological polar surface area (TPSA) is 85.4 Å². The summed E-state index contributed by atoms with van der Waals surface area (Å²) in [6.07, 6.45) is 2.29. The van der Waals surface area contributed by atoms with Gasteiger partial charge in [-0.1, -0.05) is 12.7 Å². The number of rotatable bonds is 2. The number of esters is 2. The fourth-order valence-electron chi connectivity index (χ4n) is 3.70. The fraction of sp³-hybridized carbons (Fsp3) is 0.600. The van der Waals surface area contributed by atoms with Crippen molar-refractivity contribution in [2.24, 2.45) is 5.92 Å². The standard InChI is InChI=1S/C20H26O6/c1-6-10(2)18(22)25-15-9-20(5)16(26-20)8-13(21)11(3)7-14-17(15)12(4)19(23)24-14/h6-7,13-17,21H,4,8-9H2,1-3,5H3/b10-6+,11-7+/t13-,14?,15+,16-,17-,20-/m0/s1. The second-order valence-corrected chi connectivity index (χ2v) is 7.62. The van der Waals surface area contributed by atoms with E-state index in [1.54, 1.807) is 32.9 Å². The predicted molar refractivity (Wildman–Crippen MR) is 94.1 cm³/mol. The Kier molecular flexibility index (Phi) is 4.84. The van der Waals surface area contributed by atoms with Gasteiger partial charge < -0.3 is 19.3 Å². The number of aliphatic hydroxyl groups is 1. The van der Waals surface area contributed by atoms with Gasteiger partial charge in [-0.2, -0.15) is 0 Å². The summed E-state index contributed by atoms with van der Waals surface area (Å²) in [5, 5.41) is 10.4. The van der Waals surface area contributed by atoms with Crippen molar-refractivity contribution in [2.75, 3.05) is 0 Å². The van der Waals surface area contributed by atoms with E-state index in [-0.39, 0.29) is 11.7 Å². The van der Waals surface area contributed by atoms with Crippen LogP contribution in [0.5, 0.6) is 0 Å². The van der Waals surface area contributed by atoms with Crippen molar-refractivity contribution in [1.82, 2.24) is 0 Å². The number of ether oxygens (including phenoxy) is 3. The van der Waals surface area contributed by atoms with Gasteiger partial charge in [-0.05, 0) is 39.3 Å². The van der Waals surface area contributed by atoms with Gasteiger partial charge in [0.15, 0.2) is 0 Å². The second-order valence-electron chi connectivity index (χ2n) is 7.62. The van der Waals surface area contributed by atoms with Crippen LogP contribution in [0.15, 0.2) is 35.5 Å². The van der Waals surface area contributed by atoms with Crippen molar-refractivity contribution in [3.63, 3.8) is 0 Å². The van der Waals surface area contributed by atoms with Gasteiger partial charge in [0.05, 0.1) is 23.7 Å². The highest BCUT2D eigenvalue weighted by molar-refractivity contribution is 5.92. The molecule has 0 aromatic carbocycles. The van der Waals surface area contributed by atoms with Gasteiger partial charge >= 0.3 is 11.9 Å². The Labute approximate surface area is 153 Å². The first kappa shape index (κ1) is 18.9. The largest absolute Gasteiger partial charge is 0.458 e. The number of hydrogen-bond donors (Lipinski definition) is 1. The third kappa shape index (κ3) is 3.35. The van der Waals surface area contributed by atoms with Gasteiger partial charge in [-0.15, -0.1) is 0 Å². The molecule has 2 heterocycles. The SMILES string of the molecule is C=C1C(=O)OC2/C=C(\C)[C@@H](O)C[C@@H]3O[C@@]3(C)C[C@@H](OC(=O)/C(C)=C/C)[C@@H]12. The molecule has 6 atom stereocenters. The molecule has 6 nitrogen and oxygen atoms in total. The van der Waals surface area contributed by atoms with Crippen LogP contribution in [-0.4, -0.2) is 47.1 Å². The molecule has 0 spiro atoms. The fourth-order valence-corrected chi connectivity index (χ4v) is 3.70. The number of carbonyl (C=O) groups is 2. The van der Waals surface area contributed by atoms with Gasteiger partial charge in [0.1, 0.15) is 12.2 Å². The molecule has 1 aliphatic carbocycles. The minimum atomic E-state index is -0.667. The van der Waals surface area contributed by atoms with Crippen LogP contribution >= 0.6 is 0 Å². The van der Waals surface area contributed by atoms with Crippen molar-refractivity contribution in [2.45, 2.75) is 70.6 Å². The molecular weight excluding hydrogens is 336 g/mol. The van der Waals surface area contributed by atoms with E-state index in [9.17, 15) is 14.7 Å². The van der Waals surface area contributed by atoms with Crippen molar-refractivity contribution < 1.29 is 28.9 Å². The first-order chi connectivity index (χ1) is 12.2. The summed E-state index contributed by atoms with van der Waals surface area (Å²) >= 11 is 0. The lowest BCUT2D eigenvalue weighted by molar-refractivity contribution is -0.148. The molecule has 6 heteroatoms. The lowest BCUT2D eigenvalue weighted by Crippen LogP contribution is -2.37. The first-order valence-corrected chi connectivity index (χ1v) is 8.94. The molecule has 1 unspecified atom stereocenters. The van der Waals surface area contributed by atoms with Crippen LogP contribution in [0.2, 0.25) is 0 Å². The van der Waals surface area contributed by atoms with E-state index >= 15 is 0 Å². The maximum absolute atomic E-state index is 12.4. The Hall–Kier alpha value is -1.92. The smallest absolute Gasteiger partial charge is 0.334 e. The Bertz CT molecular complexity index is 705. The number of hydrogen-bond acceptors (Lipinski definition) is 6. The number of aliphatic hydroxyl groups excluding tert-OH is 1. The molecule has 2 aliphatic heterocycles. The van der Waals surface area contributed by atoms with Crippen LogP contribution in [-0.2, 0) is 23.8 Å². The lowest BCUT2D eigenvalue weighted by atomic mass is 9.82. The molecule has 0 aromatic heterocycles. The van der Waals surface area contributed by atoms with Crippen LogP contribution in [0, 0.1) is 5.92 Å². The van der Waals surface area contributed by atoms with Crippen LogP contribution in [0.1, 0.15) is 40.5 Å². The number of allylic oxidation sites excluding steroid dienone is 1. The monoisotopic (exact) mass is 362 g/mol. The third-order valence-corrected chi connectivity index (χ3v) is 5.71. The highest BCUT2D eigenvalue weighted by Crippen LogP contribution is 2.47. The zero-order chi connectivity index (χ0) is 19.2. The second kappa shape index (κ2) is 6.67. The minimum absolute atomic E-state index is 0.118. The highest BCUT2D eigenvalue weighted by atomic mass is 16.6. The van der Waals surface area contributed by atoms with Gasteiger partial charge in [0.25, 0.3) is 0 Å². The molecule has 2 saturated heterocycles. The molecule has 0 aromatic rings. The maximum atomic E-state index is 12.4. The molecule has 3 rings (SSSR count). The van der Waals surface area contributed by atoms with Crippen molar-refractivity contribution >= 4 is 11.9 Å². The first-order valence-electron chi connectivity index (χ1n) is 8.94. The zero-order valence-electron chi connectivity index (χ0n) is 15.7. The van der Waals surface area contributed by atoms with Crippen LogP contribution in [0.3, 0.4) is 0 Å². The van der Waals surface area contributed by atoms with E-state index in [0.29, 0.717) is 24.0 Å². The average molecular weight is 362 g/mol. The summed E-state index contributed by atoms with van der Waals surface area (Å²) in [6, 6.07) is 0. The number of fused-ring (bicyclic) bond motifs is 2. The van der Waals surface area contributed by atoms with Crippen LogP contribution in [0.4, 0.5) is 0 Å². The van der Waals surface area contributed by atoms with Gasteiger partial charge in [0, 0.05) is 24.0 Å². The van der Waals surface area contributed by atoms with E-state index in [0.717, 1.165) is 0 Å². The van der Waals surface area contributed by atoms with E-state index in [2.05, 4.69) is 6.58 Å². The molecule has 2 fully saturated rings. The number of carbonyl (C=O) groups excluding carboxylic acids is 2. The number of epoxide rings is 1. The third-order valence-electron chi connectivity index (χ3n) is 5.71. The van der Waals surface area contributed by atoms with Crippen molar-refractivity contribution in [3.8, 4) is 0 Å². The lowest BCUT2D eigenvalue weighted by Gasteiger charge is -2.29. The Morgan fingerprint density at radius 3 is 2.85 bits per heavy atom. The van der Waals surface area contributed by atoms with Crippen LogP contribution in [0.25, 0.3) is 0 Å². The Morgan fingerprint density at radius 2 is 2.19 bits per heavy atom. The van der Waals surface area contributed by atoms with E-state index in [1.165, 1.54) is 0 Å². The molecule has 0 amide bonds. The van der Waals surface area contributed by atoms with E-state index < -0.39 is 41.8 Å². The molecule has 0 saturated carbocycles. The van der Waals surface area contributed by atoms with Gasteiger partial charge in [-0.3, -0.25) is 0 Å². The summed E-state index contributed by atoms with van der Waals surface area (Å²) in [5.41, 5.74) is 0.974. The molecule has 0 bridgehead atoms. The Morgan fingerprint density at radius 1 is 1.50 bits per heavy atom. The van der Waals surface area contributed by atoms with Gasteiger partial charge in [0.2, 0.25) is 0 Å². The molecule has 1 N–H and O–H groups in total. The normalized spacial score (nSPS) is 42.1. The summed E-state index contributed by atoms with van der Waals surface area (Å²) < 4.78 is 17.0. The van der Waals surface area contributed by atoms with Crippen molar-refractivity contribution in [3.05, 3.63) is 35.5 Å². The molecule has 26 heavy (non-hydrogen) atoms.